The van der Waals surface area contributed by atoms with Gasteiger partial charge in [0.05, 0.1) is 36.3 Å². The van der Waals surface area contributed by atoms with Crippen LogP contribution in [0.1, 0.15) is 18.1 Å². The molecule has 2 aromatic rings. The van der Waals surface area contributed by atoms with Crippen LogP contribution in [-0.4, -0.2) is 54.3 Å². The molecule has 2 aromatic carbocycles. The second kappa shape index (κ2) is 8.96. The van der Waals surface area contributed by atoms with E-state index in [1.807, 2.05) is 6.07 Å². The van der Waals surface area contributed by atoms with Gasteiger partial charge < -0.3 is 14.9 Å². The Morgan fingerprint density at radius 3 is 2.72 bits per heavy atom. The third kappa shape index (κ3) is 4.29. The minimum atomic E-state index is -4.19. The predicted molar refractivity (Wildman–Crippen MR) is 112 cm³/mol. The van der Waals surface area contributed by atoms with Gasteiger partial charge in [-0.1, -0.05) is 5.92 Å². The van der Waals surface area contributed by atoms with Gasteiger partial charge in [0, 0.05) is 18.2 Å². The van der Waals surface area contributed by atoms with Gasteiger partial charge in [-0.3, -0.25) is 0 Å². The molecule has 0 radical (unpaired) electrons. The number of halogens is 1. The van der Waals surface area contributed by atoms with Crippen molar-refractivity contribution < 1.29 is 27.8 Å². The molecule has 0 aromatic heterocycles. The molecule has 1 heterocycles. The quantitative estimate of drug-likeness (QED) is 0.525. The number of rotatable bonds is 5. The van der Waals surface area contributed by atoms with Crippen molar-refractivity contribution in [2.24, 2.45) is 0 Å². The molecule has 2 N–H and O–H groups in total. The standard InChI is InChI=1S/C22H18FN3O5S/c1-3-4-16-9-15(11-24)5-8-20(16)32(29,30)26-12-21(22(28,13-26)14-27)31-17-6-7-19(25-2)18(23)10-17/h5-10,21,27-28H,12-14H2,1H3/t21-,22+/m0/s1. The van der Waals surface area contributed by atoms with E-state index in [-0.39, 0.29) is 34.0 Å². The average molecular weight is 455 g/mol. The van der Waals surface area contributed by atoms with Crippen molar-refractivity contribution in [2.75, 3.05) is 19.7 Å². The van der Waals surface area contributed by atoms with Gasteiger partial charge in [0.25, 0.3) is 0 Å². The van der Waals surface area contributed by atoms with Crippen LogP contribution >= 0.6 is 0 Å². The highest BCUT2D eigenvalue weighted by atomic mass is 32.2. The first-order valence-corrected chi connectivity index (χ1v) is 10.8. The Kier molecular flexibility index (Phi) is 6.50. The van der Waals surface area contributed by atoms with Crippen molar-refractivity contribution in [1.82, 2.24) is 4.31 Å². The predicted octanol–water partition coefficient (Wildman–Crippen LogP) is 1.79. The first-order chi connectivity index (χ1) is 15.2. The summed E-state index contributed by atoms with van der Waals surface area (Å²) in [6.45, 7) is 6.81. The van der Waals surface area contributed by atoms with Crippen LogP contribution in [-0.2, 0) is 10.0 Å². The first-order valence-electron chi connectivity index (χ1n) is 9.32. The Labute approximate surface area is 185 Å². The molecule has 0 amide bonds. The Hall–Kier alpha value is -3.46. The second-order valence-corrected chi connectivity index (χ2v) is 8.99. The lowest BCUT2D eigenvalue weighted by molar-refractivity contribution is -0.0641. The molecule has 1 saturated heterocycles. The van der Waals surface area contributed by atoms with E-state index in [0.29, 0.717) is 0 Å². The van der Waals surface area contributed by atoms with Crippen LogP contribution in [0.3, 0.4) is 0 Å². The maximum Gasteiger partial charge on any atom is 0.244 e. The molecule has 10 heteroatoms. The summed E-state index contributed by atoms with van der Waals surface area (Å²) in [5.41, 5.74) is -1.80. The summed E-state index contributed by atoms with van der Waals surface area (Å²) in [5.74, 6) is 4.42. The zero-order chi connectivity index (χ0) is 23.5. The topological polar surface area (TPSA) is 115 Å². The van der Waals surface area contributed by atoms with Gasteiger partial charge in [-0.25, -0.2) is 17.7 Å². The highest BCUT2D eigenvalue weighted by Crippen LogP contribution is 2.33. The monoisotopic (exact) mass is 455 g/mol. The molecule has 0 aliphatic carbocycles. The summed E-state index contributed by atoms with van der Waals surface area (Å²) < 4.78 is 47.1. The number of ether oxygens (including phenoxy) is 1. The van der Waals surface area contributed by atoms with Gasteiger partial charge in [-0.15, -0.1) is 5.92 Å². The average Bonchev–Trinajstić information content (AvgIpc) is 3.11. The lowest BCUT2D eigenvalue weighted by atomic mass is 10.0. The van der Waals surface area contributed by atoms with Crippen molar-refractivity contribution in [3.63, 3.8) is 0 Å². The van der Waals surface area contributed by atoms with Crippen LogP contribution in [0.25, 0.3) is 4.85 Å². The fourth-order valence-electron chi connectivity index (χ4n) is 3.32. The number of nitriles is 1. The van der Waals surface area contributed by atoms with Crippen molar-refractivity contribution in [3.8, 4) is 23.7 Å². The Morgan fingerprint density at radius 2 is 2.12 bits per heavy atom. The minimum Gasteiger partial charge on any atom is -0.486 e. The van der Waals surface area contributed by atoms with Crippen LogP contribution in [0.15, 0.2) is 41.3 Å². The van der Waals surface area contributed by atoms with Gasteiger partial charge in [0.1, 0.15) is 23.3 Å². The van der Waals surface area contributed by atoms with E-state index in [0.717, 1.165) is 10.4 Å². The lowest BCUT2D eigenvalue weighted by Gasteiger charge is -2.27. The number of nitrogens with zero attached hydrogens (tertiary/aromatic N) is 3. The van der Waals surface area contributed by atoms with Crippen LogP contribution in [0, 0.1) is 35.6 Å². The number of aliphatic hydroxyl groups excluding tert-OH is 1. The number of aliphatic hydroxyl groups is 2. The van der Waals surface area contributed by atoms with Crippen LogP contribution < -0.4 is 4.74 Å². The SMILES string of the molecule is [C-]#[N+]c1ccc(O[C@H]2CN(S(=O)(=O)c3ccc(C#N)cc3C#CC)C[C@@]2(O)CO)cc1F. The van der Waals surface area contributed by atoms with Crippen molar-refractivity contribution in [1.29, 1.82) is 5.26 Å². The number of hydrogen-bond acceptors (Lipinski definition) is 6. The first kappa shape index (κ1) is 23.2. The molecule has 32 heavy (non-hydrogen) atoms. The van der Waals surface area contributed by atoms with E-state index < -0.39 is 40.7 Å². The van der Waals surface area contributed by atoms with Crippen molar-refractivity contribution >= 4 is 15.7 Å². The molecule has 3 rings (SSSR count). The van der Waals surface area contributed by atoms with Crippen molar-refractivity contribution in [3.05, 3.63) is 64.8 Å². The zero-order valence-electron chi connectivity index (χ0n) is 16.9. The minimum absolute atomic E-state index is 0.0260. The number of benzene rings is 2. The molecule has 0 unspecified atom stereocenters. The highest BCUT2D eigenvalue weighted by molar-refractivity contribution is 7.89. The van der Waals surface area contributed by atoms with E-state index in [1.54, 1.807) is 0 Å². The Balaban J connectivity index is 1.95. The number of β-amino-alcohol motifs (C(OH)–C–C–N with tert-alkyl or cyclic N) is 1. The van der Waals surface area contributed by atoms with Crippen LogP contribution in [0.5, 0.6) is 5.75 Å². The number of hydrogen-bond donors (Lipinski definition) is 2. The van der Waals surface area contributed by atoms with Crippen molar-refractivity contribution in [2.45, 2.75) is 23.5 Å². The summed E-state index contributed by atoms with van der Waals surface area (Å²) in [4.78, 5) is 2.86. The summed E-state index contributed by atoms with van der Waals surface area (Å²) in [6, 6.07) is 9.36. The molecule has 164 valence electrons. The van der Waals surface area contributed by atoms with Gasteiger partial charge in [0.2, 0.25) is 15.7 Å². The summed E-state index contributed by atoms with van der Waals surface area (Å²) >= 11 is 0. The molecule has 1 fully saturated rings. The summed E-state index contributed by atoms with van der Waals surface area (Å²) in [7, 11) is -4.19. The van der Waals surface area contributed by atoms with E-state index >= 15 is 0 Å². The third-order valence-electron chi connectivity index (χ3n) is 5.00. The lowest BCUT2D eigenvalue weighted by Crippen LogP contribution is -2.48. The number of sulfonamides is 1. The van der Waals surface area contributed by atoms with Crippen LogP contribution in [0.4, 0.5) is 10.1 Å². The Bertz CT molecular complexity index is 1300. The van der Waals surface area contributed by atoms with E-state index in [9.17, 15) is 23.0 Å². The third-order valence-corrected chi connectivity index (χ3v) is 6.87. The second-order valence-electron chi connectivity index (χ2n) is 7.09. The van der Waals surface area contributed by atoms with Gasteiger partial charge in [-0.05, 0) is 37.3 Å². The smallest absolute Gasteiger partial charge is 0.244 e. The summed E-state index contributed by atoms with van der Waals surface area (Å²) in [6.07, 6.45) is -1.21. The van der Waals surface area contributed by atoms with Gasteiger partial charge in [-0.2, -0.15) is 9.57 Å². The van der Waals surface area contributed by atoms with E-state index in [2.05, 4.69) is 16.7 Å². The molecule has 0 spiro atoms. The molecular formula is C22H18FN3O5S. The van der Waals surface area contributed by atoms with Gasteiger partial charge in [0.15, 0.2) is 0 Å². The van der Waals surface area contributed by atoms with E-state index in [4.69, 9.17) is 16.6 Å². The molecule has 0 saturated carbocycles. The van der Waals surface area contributed by atoms with E-state index in [1.165, 1.54) is 37.3 Å². The fourth-order valence-corrected chi connectivity index (χ4v) is 4.95. The Morgan fingerprint density at radius 1 is 1.38 bits per heavy atom. The summed E-state index contributed by atoms with van der Waals surface area (Å²) in [5, 5.41) is 29.7. The van der Waals surface area contributed by atoms with Crippen LogP contribution in [0.2, 0.25) is 0 Å². The molecule has 8 nitrogen and oxygen atoms in total. The molecule has 1 aliphatic heterocycles. The zero-order valence-corrected chi connectivity index (χ0v) is 17.7. The maximum absolute atomic E-state index is 13.9. The molecule has 2 atom stereocenters. The molecular weight excluding hydrogens is 437 g/mol. The largest absolute Gasteiger partial charge is 0.486 e. The highest BCUT2D eigenvalue weighted by Gasteiger charge is 2.51. The maximum atomic E-state index is 13.9. The molecule has 0 bridgehead atoms. The molecule has 1 aliphatic rings. The normalized spacial score (nSPS) is 20.6. The fraction of sp³-hybridized carbons (Fsp3) is 0.273. The van der Waals surface area contributed by atoms with Gasteiger partial charge >= 0.3 is 0 Å².